The van der Waals surface area contributed by atoms with Gasteiger partial charge in [-0.15, -0.1) is 11.3 Å². The Hall–Kier alpha value is -2.52. The lowest BCUT2D eigenvalue weighted by Crippen LogP contribution is -2.14. The molecule has 0 aliphatic carbocycles. The molecule has 3 rings (SSSR count). The highest BCUT2D eigenvalue weighted by molar-refractivity contribution is 7.15. The highest BCUT2D eigenvalue weighted by Crippen LogP contribution is 2.33. The second-order valence-corrected chi connectivity index (χ2v) is 7.09. The Morgan fingerprint density at radius 1 is 1.12 bits per heavy atom. The van der Waals surface area contributed by atoms with Crippen molar-refractivity contribution in [3.63, 3.8) is 0 Å². The zero-order valence-electron chi connectivity index (χ0n) is 13.9. The van der Waals surface area contributed by atoms with Gasteiger partial charge in [0.15, 0.2) is 0 Å². The first kappa shape index (κ1) is 18.3. The van der Waals surface area contributed by atoms with Gasteiger partial charge in [0.1, 0.15) is 16.3 Å². The highest BCUT2D eigenvalue weighted by Gasteiger charge is 2.32. The predicted octanol–water partition coefficient (Wildman–Crippen LogP) is 4.59. The fourth-order valence-corrected chi connectivity index (χ4v) is 3.06. The van der Waals surface area contributed by atoms with Crippen molar-refractivity contribution >= 4 is 23.0 Å². The molecule has 0 spiro atoms. The van der Waals surface area contributed by atoms with Crippen molar-refractivity contribution in [3.05, 3.63) is 53.4 Å². The molecule has 0 bridgehead atoms. The summed E-state index contributed by atoms with van der Waals surface area (Å²) in [5, 5.41) is 13.4. The van der Waals surface area contributed by atoms with Gasteiger partial charge >= 0.3 is 6.18 Å². The number of aromatic nitrogens is 3. The normalized spacial score (nSPS) is 12.2. The Balaban J connectivity index is 1.85. The summed E-state index contributed by atoms with van der Waals surface area (Å²) in [7, 11) is 0. The fourth-order valence-electron chi connectivity index (χ4n) is 2.15. The van der Waals surface area contributed by atoms with E-state index in [2.05, 4.69) is 20.3 Å². The van der Waals surface area contributed by atoms with Crippen LogP contribution in [0.25, 0.3) is 10.4 Å². The molecule has 3 aromatic rings. The van der Waals surface area contributed by atoms with Crippen molar-refractivity contribution in [1.82, 2.24) is 15.0 Å². The van der Waals surface area contributed by atoms with Crippen LogP contribution in [0, 0.1) is 0 Å². The molecule has 0 aliphatic rings. The first-order chi connectivity index (χ1) is 12.1. The number of halogens is 3. The van der Waals surface area contributed by atoms with Crippen LogP contribution in [0.2, 0.25) is 0 Å². The van der Waals surface area contributed by atoms with Crippen LogP contribution in [-0.2, 0) is 11.8 Å². The predicted molar refractivity (Wildman–Crippen MR) is 93.1 cm³/mol. The molecule has 2 N–H and O–H groups in total. The number of aliphatic hydroxyl groups is 1. The number of thiazole rings is 1. The maximum Gasteiger partial charge on any atom is 0.433 e. The number of anilines is 2. The largest absolute Gasteiger partial charge is 0.433 e. The van der Waals surface area contributed by atoms with Crippen LogP contribution in [0.15, 0.2) is 42.7 Å². The molecule has 2 aromatic heterocycles. The van der Waals surface area contributed by atoms with Crippen molar-refractivity contribution in [2.45, 2.75) is 25.6 Å². The Morgan fingerprint density at radius 3 is 2.54 bits per heavy atom. The van der Waals surface area contributed by atoms with Crippen LogP contribution in [0.1, 0.15) is 24.5 Å². The van der Waals surface area contributed by atoms with Crippen molar-refractivity contribution in [1.29, 1.82) is 0 Å². The molecule has 0 atom stereocenters. The quantitative estimate of drug-likeness (QED) is 0.693. The van der Waals surface area contributed by atoms with E-state index in [4.69, 9.17) is 0 Å². The van der Waals surface area contributed by atoms with Gasteiger partial charge in [0, 0.05) is 18.1 Å². The summed E-state index contributed by atoms with van der Waals surface area (Å²) in [6, 6.07) is 7.88. The van der Waals surface area contributed by atoms with E-state index in [9.17, 15) is 18.3 Å². The second kappa shape index (κ2) is 6.65. The van der Waals surface area contributed by atoms with Crippen LogP contribution < -0.4 is 5.32 Å². The molecular formula is C17H15F3N4OS. The van der Waals surface area contributed by atoms with Gasteiger partial charge in [-0.3, -0.25) is 0 Å². The number of nitrogens with one attached hydrogen (secondary N) is 1. The van der Waals surface area contributed by atoms with Gasteiger partial charge in [0.25, 0.3) is 0 Å². The number of rotatable bonds is 4. The summed E-state index contributed by atoms with van der Waals surface area (Å²) >= 11 is 1.34. The van der Waals surface area contributed by atoms with Gasteiger partial charge in [-0.25, -0.2) is 15.0 Å². The molecule has 0 radical (unpaired) electrons. The molecule has 0 saturated carbocycles. The summed E-state index contributed by atoms with van der Waals surface area (Å²) in [4.78, 5) is 12.4. The van der Waals surface area contributed by atoms with Gasteiger partial charge < -0.3 is 10.4 Å². The van der Waals surface area contributed by atoms with E-state index in [0.717, 1.165) is 22.7 Å². The van der Waals surface area contributed by atoms with Crippen molar-refractivity contribution < 1.29 is 18.3 Å². The third-order valence-corrected chi connectivity index (χ3v) is 4.74. The zero-order chi connectivity index (χ0) is 18.9. The molecule has 0 unspecified atom stereocenters. The third-order valence-electron chi connectivity index (χ3n) is 3.38. The van der Waals surface area contributed by atoms with Crippen LogP contribution in [0.3, 0.4) is 0 Å². The monoisotopic (exact) mass is 380 g/mol. The molecule has 2 heterocycles. The Bertz CT molecular complexity index is 919. The van der Waals surface area contributed by atoms with E-state index in [1.165, 1.54) is 11.3 Å². The molecule has 26 heavy (non-hydrogen) atoms. The van der Waals surface area contributed by atoms with E-state index in [1.807, 2.05) is 6.07 Å². The van der Waals surface area contributed by atoms with Crippen LogP contribution in [0.5, 0.6) is 0 Å². The Morgan fingerprint density at radius 2 is 1.88 bits per heavy atom. The van der Waals surface area contributed by atoms with E-state index in [0.29, 0.717) is 10.7 Å². The lowest BCUT2D eigenvalue weighted by Gasteiger charge is -2.12. The van der Waals surface area contributed by atoms with E-state index < -0.39 is 17.5 Å². The first-order valence-corrected chi connectivity index (χ1v) is 8.41. The maximum absolute atomic E-state index is 12.7. The van der Waals surface area contributed by atoms with Gasteiger partial charge in [-0.2, -0.15) is 13.2 Å². The topological polar surface area (TPSA) is 70.9 Å². The third kappa shape index (κ3) is 4.17. The molecule has 0 aliphatic heterocycles. The fraction of sp³-hybridized carbons (Fsp3) is 0.235. The van der Waals surface area contributed by atoms with Crippen LogP contribution in [0.4, 0.5) is 24.8 Å². The summed E-state index contributed by atoms with van der Waals surface area (Å²) in [6.07, 6.45) is -1.82. The van der Waals surface area contributed by atoms with Gasteiger partial charge in [0.05, 0.1) is 4.88 Å². The molecule has 9 heteroatoms. The molecule has 0 fully saturated rings. The SMILES string of the molecule is CC(C)(O)c1ncc(-c2cccc(Nc3nccc(C(F)(F)F)n3)c2)s1. The standard InChI is InChI=1S/C17H15F3N4OS/c1-16(2,25)14-22-9-12(26-14)10-4-3-5-11(8-10)23-15-21-7-6-13(24-15)17(18,19)20/h3-9,25H,1-2H3,(H,21,23,24). The minimum Gasteiger partial charge on any atom is -0.383 e. The molecule has 0 saturated heterocycles. The highest BCUT2D eigenvalue weighted by atomic mass is 32.1. The van der Waals surface area contributed by atoms with Crippen molar-refractivity contribution in [2.75, 3.05) is 5.32 Å². The van der Waals surface area contributed by atoms with E-state index in [1.54, 1.807) is 38.2 Å². The van der Waals surface area contributed by atoms with Crippen molar-refractivity contribution in [2.24, 2.45) is 0 Å². The lowest BCUT2D eigenvalue weighted by molar-refractivity contribution is -0.141. The first-order valence-electron chi connectivity index (χ1n) is 7.59. The van der Waals surface area contributed by atoms with E-state index in [-0.39, 0.29) is 5.95 Å². The van der Waals surface area contributed by atoms with Gasteiger partial charge in [-0.1, -0.05) is 12.1 Å². The number of nitrogens with zero attached hydrogens (tertiary/aromatic N) is 3. The summed E-state index contributed by atoms with van der Waals surface area (Å²) in [6.45, 7) is 3.30. The van der Waals surface area contributed by atoms with Crippen LogP contribution in [-0.4, -0.2) is 20.1 Å². The molecule has 136 valence electrons. The lowest BCUT2D eigenvalue weighted by atomic mass is 10.1. The number of hydrogen-bond donors (Lipinski definition) is 2. The average Bonchev–Trinajstić information content (AvgIpc) is 3.05. The molecule has 0 amide bonds. The summed E-state index contributed by atoms with van der Waals surface area (Å²) in [5.74, 6) is -0.140. The number of alkyl halides is 3. The summed E-state index contributed by atoms with van der Waals surface area (Å²) in [5.41, 5.74) is -0.691. The van der Waals surface area contributed by atoms with E-state index >= 15 is 0 Å². The van der Waals surface area contributed by atoms with Crippen LogP contribution >= 0.6 is 11.3 Å². The zero-order valence-corrected chi connectivity index (χ0v) is 14.7. The Labute approximate surface area is 151 Å². The molecule has 5 nitrogen and oxygen atoms in total. The molecule has 1 aromatic carbocycles. The minimum absolute atomic E-state index is 0.140. The smallest absolute Gasteiger partial charge is 0.383 e. The minimum atomic E-state index is -4.53. The number of hydrogen-bond acceptors (Lipinski definition) is 6. The maximum atomic E-state index is 12.7. The Kier molecular flexibility index (Phi) is 4.68. The number of benzene rings is 1. The van der Waals surface area contributed by atoms with Gasteiger partial charge in [-0.05, 0) is 37.6 Å². The molecular weight excluding hydrogens is 365 g/mol. The summed E-state index contributed by atoms with van der Waals surface area (Å²) < 4.78 is 38.2. The second-order valence-electron chi connectivity index (χ2n) is 6.06. The van der Waals surface area contributed by atoms with Gasteiger partial charge in [0.2, 0.25) is 5.95 Å². The van der Waals surface area contributed by atoms with Crippen molar-refractivity contribution in [3.8, 4) is 10.4 Å². The average molecular weight is 380 g/mol.